The minimum Gasteiger partial charge on any atom is -0.492 e. The fourth-order valence-electron chi connectivity index (χ4n) is 4.43. The second-order valence-electron chi connectivity index (χ2n) is 8.36. The average molecular weight is 432 g/mol. The summed E-state index contributed by atoms with van der Waals surface area (Å²) >= 11 is 0. The predicted molar refractivity (Wildman–Crippen MR) is 127 cm³/mol. The van der Waals surface area contributed by atoms with E-state index < -0.39 is 0 Å². The Morgan fingerprint density at radius 3 is 2.77 bits per heavy atom. The summed E-state index contributed by atoms with van der Waals surface area (Å²) in [6, 6.07) is 9.00. The van der Waals surface area contributed by atoms with Crippen LogP contribution >= 0.6 is 0 Å². The average Bonchev–Trinajstić information content (AvgIpc) is 2.83. The van der Waals surface area contributed by atoms with Crippen LogP contribution in [0.5, 0.6) is 5.75 Å². The van der Waals surface area contributed by atoms with Gasteiger partial charge in [-0.15, -0.1) is 0 Å². The summed E-state index contributed by atoms with van der Waals surface area (Å²) in [5.41, 5.74) is 1.15. The van der Waals surface area contributed by atoms with Gasteiger partial charge in [0.05, 0.1) is 13.2 Å². The predicted octanol–water partition coefficient (Wildman–Crippen LogP) is 2.33. The zero-order chi connectivity index (χ0) is 21.7. The molecule has 0 bridgehead atoms. The standard InChI is InChI=1S/C24H41N5O2/c1-3-22-9-6-7-12-29(22)13-11-26-24(25-2)27-20-21-8-4-5-10-23(21)31-19-16-28-14-17-30-18-15-28/h4-5,8,10,22H,3,6-7,9,11-20H2,1-2H3,(H2,25,26,27). The third-order valence-electron chi connectivity index (χ3n) is 6.32. The number of rotatable bonds is 10. The Kier molecular flexibility index (Phi) is 10.4. The first-order chi connectivity index (χ1) is 15.3. The minimum atomic E-state index is 0.689. The van der Waals surface area contributed by atoms with Crippen molar-refractivity contribution >= 4 is 5.96 Å². The SMILES string of the molecule is CCC1CCCCN1CCNC(=NC)NCc1ccccc1OCCN1CCOCC1. The Hall–Kier alpha value is -1.83. The Labute approximate surface area is 188 Å². The smallest absolute Gasteiger partial charge is 0.191 e. The molecular weight excluding hydrogens is 390 g/mol. The van der Waals surface area contributed by atoms with Crippen LogP contribution in [0.1, 0.15) is 38.2 Å². The first kappa shape index (κ1) is 23.8. The Morgan fingerprint density at radius 1 is 1.13 bits per heavy atom. The van der Waals surface area contributed by atoms with Gasteiger partial charge < -0.3 is 20.1 Å². The number of likely N-dealkylation sites (tertiary alicyclic amines) is 1. The van der Waals surface area contributed by atoms with Gasteiger partial charge in [-0.2, -0.15) is 0 Å². The van der Waals surface area contributed by atoms with E-state index in [4.69, 9.17) is 9.47 Å². The highest BCUT2D eigenvalue weighted by Crippen LogP contribution is 2.19. The van der Waals surface area contributed by atoms with Crippen molar-refractivity contribution in [1.82, 2.24) is 20.4 Å². The molecule has 7 nitrogen and oxygen atoms in total. The monoisotopic (exact) mass is 431 g/mol. The lowest BCUT2D eigenvalue weighted by Crippen LogP contribution is -2.45. The highest BCUT2D eigenvalue weighted by atomic mass is 16.5. The van der Waals surface area contributed by atoms with Gasteiger partial charge in [-0.1, -0.05) is 31.5 Å². The maximum absolute atomic E-state index is 6.10. The molecule has 2 N–H and O–H groups in total. The highest BCUT2D eigenvalue weighted by molar-refractivity contribution is 5.79. The molecule has 0 aromatic heterocycles. The molecule has 3 rings (SSSR count). The summed E-state index contributed by atoms with van der Waals surface area (Å²) < 4.78 is 11.5. The van der Waals surface area contributed by atoms with Gasteiger partial charge in [-0.3, -0.25) is 14.8 Å². The molecule has 0 spiro atoms. The molecule has 0 saturated carbocycles. The van der Waals surface area contributed by atoms with E-state index in [1.165, 1.54) is 32.2 Å². The largest absolute Gasteiger partial charge is 0.492 e. The van der Waals surface area contributed by atoms with E-state index >= 15 is 0 Å². The van der Waals surface area contributed by atoms with Crippen molar-refractivity contribution in [3.8, 4) is 5.75 Å². The molecule has 174 valence electrons. The van der Waals surface area contributed by atoms with Crippen LogP contribution < -0.4 is 15.4 Å². The molecule has 2 aliphatic rings. The fourth-order valence-corrected chi connectivity index (χ4v) is 4.43. The second kappa shape index (κ2) is 13.6. The molecule has 7 heteroatoms. The third-order valence-corrected chi connectivity index (χ3v) is 6.32. The first-order valence-electron chi connectivity index (χ1n) is 12.0. The fraction of sp³-hybridized carbons (Fsp3) is 0.708. The number of morpholine rings is 1. The van der Waals surface area contributed by atoms with Crippen LogP contribution in [-0.4, -0.2) is 87.9 Å². The molecule has 0 amide bonds. The molecule has 1 unspecified atom stereocenters. The van der Waals surface area contributed by atoms with E-state index in [1.807, 2.05) is 19.2 Å². The Balaban J connectivity index is 1.40. The molecule has 2 heterocycles. The van der Waals surface area contributed by atoms with E-state index in [9.17, 15) is 0 Å². The van der Waals surface area contributed by atoms with E-state index in [0.29, 0.717) is 13.2 Å². The van der Waals surface area contributed by atoms with E-state index in [-0.39, 0.29) is 0 Å². The number of hydrogen-bond donors (Lipinski definition) is 2. The highest BCUT2D eigenvalue weighted by Gasteiger charge is 2.20. The van der Waals surface area contributed by atoms with Crippen LogP contribution in [0.4, 0.5) is 0 Å². The molecule has 0 aliphatic carbocycles. The number of ether oxygens (including phenoxy) is 2. The molecule has 1 aromatic rings. The van der Waals surface area contributed by atoms with E-state index in [1.54, 1.807) is 0 Å². The van der Waals surface area contributed by atoms with Crippen molar-refractivity contribution in [3.05, 3.63) is 29.8 Å². The number of nitrogens with one attached hydrogen (secondary N) is 2. The lowest BCUT2D eigenvalue weighted by atomic mass is 10.0. The molecule has 2 fully saturated rings. The van der Waals surface area contributed by atoms with Crippen molar-refractivity contribution in [2.75, 3.05) is 66.1 Å². The lowest BCUT2D eigenvalue weighted by molar-refractivity contribution is 0.0322. The van der Waals surface area contributed by atoms with Gasteiger partial charge in [-0.25, -0.2) is 0 Å². The summed E-state index contributed by atoms with van der Waals surface area (Å²) in [5.74, 6) is 1.78. The van der Waals surface area contributed by atoms with Crippen molar-refractivity contribution in [2.45, 2.75) is 45.2 Å². The Bertz CT molecular complexity index is 663. The summed E-state index contributed by atoms with van der Waals surface area (Å²) in [6.45, 7) is 11.5. The summed E-state index contributed by atoms with van der Waals surface area (Å²) in [5, 5.41) is 6.92. The van der Waals surface area contributed by atoms with Gasteiger partial charge in [0.15, 0.2) is 5.96 Å². The van der Waals surface area contributed by atoms with Crippen LogP contribution in [0.3, 0.4) is 0 Å². The molecule has 2 saturated heterocycles. The molecular formula is C24H41N5O2. The molecule has 2 aliphatic heterocycles. The lowest BCUT2D eigenvalue weighted by Gasteiger charge is -2.35. The number of benzene rings is 1. The van der Waals surface area contributed by atoms with Gasteiger partial charge in [0.1, 0.15) is 12.4 Å². The Morgan fingerprint density at radius 2 is 1.97 bits per heavy atom. The van der Waals surface area contributed by atoms with Crippen molar-refractivity contribution in [1.29, 1.82) is 0 Å². The zero-order valence-electron chi connectivity index (χ0n) is 19.4. The number of aliphatic imine (C=N–C) groups is 1. The van der Waals surface area contributed by atoms with Crippen molar-refractivity contribution < 1.29 is 9.47 Å². The van der Waals surface area contributed by atoms with Gasteiger partial charge >= 0.3 is 0 Å². The maximum atomic E-state index is 6.10. The topological polar surface area (TPSA) is 61.4 Å². The first-order valence-corrected chi connectivity index (χ1v) is 12.0. The number of para-hydroxylation sites is 1. The maximum Gasteiger partial charge on any atom is 0.191 e. The number of hydrogen-bond acceptors (Lipinski definition) is 5. The second-order valence-corrected chi connectivity index (χ2v) is 8.36. The van der Waals surface area contributed by atoms with Gasteiger partial charge in [0.2, 0.25) is 0 Å². The molecule has 1 atom stereocenters. The van der Waals surface area contributed by atoms with Gasteiger partial charge in [0.25, 0.3) is 0 Å². The summed E-state index contributed by atoms with van der Waals surface area (Å²) in [4.78, 5) is 9.41. The quantitative estimate of drug-likeness (QED) is 0.438. The van der Waals surface area contributed by atoms with Crippen LogP contribution in [-0.2, 0) is 11.3 Å². The minimum absolute atomic E-state index is 0.689. The van der Waals surface area contributed by atoms with E-state index in [2.05, 4.69) is 44.5 Å². The van der Waals surface area contributed by atoms with Gasteiger partial charge in [-0.05, 0) is 31.9 Å². The number of piperidine rings is 1. The molecule has 0 radical (unpaired) electrons. The van der Waals surface area contributed by atoms with Gasteiger partial charge in [0, 0.05) is 57.9 Å². The summed E-state index contributed by atoms with van der Waals surface area (Å²) in [6.07, 6.45) is 5.28. The van der Waals surface area contributed by atoms with Crippen LogP contribution in [0.25, 0.3) is 0 Å². The normalized spacial score (nSPS) is 21.1. The third kappa shape index (κ3) is 7.98. The van der Waals surface area contributed by atoms with Crippen LogP contribution in [0.15, 0.2) is 29.3 Å². The zero-order valence-corrected chi connectivity index (χ0v) is 19.4. The number of nitrogens with zero attached hydrogens (tertiary/aromatic N) is 3. The van der Waals surface area contributed by atoms with Crippen LogP contribution in [0.2, 0.25) is 0 Å². The number of guanidine groups is 1. The van der Waals surface area contributed by atoms with E-state index in [0.717, 1.165) is 69.3 Å². The molecule has 1 aromatic carbocycles. The summed E-state index contributed by atoms with van der Waals surface area (Å²) in [7, 11) is 1.83. The molecule has 31 heavy (non-hydrogen) atoms. The van der Waals surface area contributed by atoms with Crippen molar-refractivity contribution in [2.24, 2.45) is 4.99 Å². The van der Waals surface area contributed by atoms with Crippen molar-refractivity contribution in [3.63, 3.8) is 0 Å². The van der Waals surface area contributed by atoms with Crippen LogP contribution in [0, 0.1) is 0 Å².